The summed E-state index contributed by atoms with van der Waals surface area (Å²) in [7, 11) is 0. The molecule has 0 atom stereocenters. The standard InChI is InChI=1S/C21H22N2O5/c1-13(24)15-5-7-16(8-6-15)23-20(26)21(2,3)19(25)22-11-14-4-9-17-18(10-14)28-12-27-17/h4-10H,11-12H2,1-3H3,(H,22,25)(H,23,26). The lowest BCUT2D eigenvalue weighted by Crippen LogP contribution is -2.44. The molecule has 1 heterocycles. The molecule has 0 bridgehead atoms. The number of benzene rings is 2. The summed E-state index contributed by atoms with van der Waals surface area (Å²) >= 11 is 0. The van der Waals surface area contributed by atoms with Gasteiger partial charge in [0, 0.05) is 17.8 Å². The van der Waals surface area contributed by atoms with Crippen LogP contribution in [0.5, 0.6) is 11.5 Å². The van der Waals surface area contributed by atoms with Crippen LogP contribution in [0.15, 0.2) is 42.5 Å². The minimum absolute atomic E-state index is 0.0545. The fourth-order valence-corrected chi connectivity index (χ4v) is 2.63. The summed E-state index contributed by atoms with van der Waals surface area (Å²) in [5.74, 6) is 0.415. The Hall–Kier alpha value is -3.35. The predicted molar refractivity (Wildman–Crippen MR) is 103 cm³/mol. The molecule has 0 unspecified atom stereocenters. The molecule has 7 heteroatoms. The lowest BCUT2D eigenvalue weighted by Gasteiger charge is -2.23. The Morgan fingerprint density at radius 3 is 2.32 bits per heavy atom. The summed E-state index contributed by atoms with van der Waals surface area (Å²) in [4.78, 5) is 36.5. The Balaban J connectivity index is 1.59. The van der Waals surface area contributed by atoms with Gasteiger partial charge in [0.1, 0.15) is 5.41 Å². The predicted octanol–water partition coefficient (Wildman–Crippen LogP) is 2.90. The van der Waals surface area contributed by atoms with Gasteiger partial charge in [0.05, 0.1) is 0 Å². The molecule has 0 saturated heterocycles. The van der Waals surface area contributed by atoms with Gasteiger partial charge in [0.25, 0.3) is 0 Å². The van der Waals surface area contributed by atoms with Crippen LogP contribution in [0.25, 0.3) is 0 Å². The van der Waals surface area contributed by atoms with E-state index in [1.165, 1.54) is 6.92 Å². The van der Waals surface area contributed by atoms with E-state index in [1.807, 2.05) is 6.07 Å². The first-order valence-electron chi connectivity index (χ1n) is 8.86. The van der Waals surface area contributed by atoms with E-state index in [0.717, 1.165) is 5.56 Å². The Kier molecular flexibility index (Phi) is 5.35. The van der Waals surface area contributed by atoms with Gasteiger partial charge in [-0.2, -0.15) is 0 Å². The Bertz CT molecular complexity index is 919. The third kappa shape index (κ3) is 4.14. The van der Waals surface area contributed by atoms with Gasteiger partial charge in [0.15, 0.2) is 17.3 Å². The number of nitrogens with one attached hydrogen (secondary N) is 2. The number of carbonyl (C=O) groups excluding carboxylic acids is 3. The highest BCUT2D eigenvalue weighted by atomic mass is 16.7. The third-order valence-electron chi connectivity index (χ3n) is 4.57. The molecule has 0 radical (unpaired) electrons. The van der Waals surface area contributed by atoms with E-state index < -0.39 is 17.2 Å². The van der Waals surface area contributed by atoms with Crippen molar-refractivity contribution in [3.8, 4) is 11.5 Å². The molecule has 2 aromatic rings. The second-order valence-corrected chi connectivity index (χ2v) is 7.08. The van der Waals surface area contributed by atoms with Gasteiger partial charge < -0.3 is 20.1 Å². The van der Waals surface area contributed by atoms with Crippen LogP contribution in [-0.2, 0) is 16.1 Å². The summed E-state index contributed by atoms with van der Waals surface area (Å²) < 4.78 is 10.6. The molecule has 7 nitrogen and oxygen atoms in total. The van der Waals surface area contributed by atoms with Crippen molar-refractivity contribution in [2.24, 2.45) is 5.41 Å². The van der Waals surface area contributed by atoms with Crippen LogP contribution in [0, 0.1) is 5.41 Å². The van der Waals surface area contributed by atoms with Crippen LogP contribution >= 0.6 is 0 Å². The van der Waals surface area contributed by atoms with Crippen molar-refractivity contribution in [2.75, 3.05) is 12.1 Å². The van der Waals surface area contributed by atoms with Crippen molar-refractivity contribution in [2.45, 2.75) is 27.3 Å². The number of ketones is 1. The van der Waals surface area contributed by atoms with Crippen LogP contribution < -0.4 is 20.1 Å². The van der Waals surface area contributed by atoms with E-state index in [9.17, 15) is 14.4 Å². The average Bonchev–Trinajstić information content (AvgIpc) is 3.14. The van der Waals surface area contributed by atoms with E-state index in [4.69, 9.17) is 9.47 Å². The first-order chi connectivity index (χ1) is 13.3. The van der Waals surface area contributed by atoms with Crippen molar-refractivity contribution in [3.63, 3.8) is 0 Å². The molecule has 2 amide bonds. The second-order valence-electron chi connectivity index (χ2n) is 7.08. The minimum Gasteiger partial charge on any atom is -0.454 e. The summed E-state index contributed by atoms with van der Waals surface area (Å²) in [6.07, 6.45) is 0. The summed E-state index contributed by atoms with van der Waals surface area (Å²) in [6, 6.07) is 11.9. The maximum absolute atomic E-state index is 12.6. The number of hydrogen-bond donors (Lipinski definition) is 2. The van der Waals surface area contributed by atoms with Gasteiger partial charge in [-0.05, 0) is 62.7 Å². The van der Waals surface area contributed by atoms with Crippen molar-refractivity contribution in [1.82, 2.24) is 5.32 Å². The Morgan fingerprint density at radius 1 is 0.964 bits per heavy atom. The lowest BCUT2D eigenvalue weighted by atomic mass is 9.90. The van der Waals surface area contributed by atoms with Crippen molar-refractivity contribution >= 4 is 23.3 Å². The van der Waals surface area contributed by atoms with E-state index in [1.54, 1.807) is 50.2 Å². The van der Waals surface area contributed by atoms with Crippen molar-refractivity contribution < 1.29 is 23.9 Å². The maximum Gasteiger partial charge on any atom is 0.239 e. The van der Waals surface area contributed by atoms with Crippen LogP contribution in [-0.4, -0.2) is 24.4 Å². The summed E-state index contributed by atoms with van der Waals surface area (Å²) in [6.45, 7) is 5.04. The molecule has 0 aliphatic carbocycles. The summed E-state index contributed by atoms with van der Waals surface area (Å²) in [5, 5.41) is 5.49. The van der Waals surface area contributed by atoms with Crippen LogP contribution in [0.4, 0.5) is 5.69 Å². The van der Waals surface area contributed by atoms with E-state index >= 15 is 0 Å². The lowest BCUT2D eigenvalue weighted by molar-refractivity contribution is -0.138. The van der Waals surface area contributed by atoms with Crippen LogP contribution in [0.2, 0.25) is 0 Å². The normalized spacial score (nSPS) is 12.4. The fraction of sp³-hybridized carbons (Fsp3) is 0.286. The number of amides is 2. The van der Waals surface area contributed by atoms with Gasteiger partial charge in [-0.1, -0.05) is 6.07 Å². The molecule has 1 aliphatic heterocycles. The largest absolute Gasteiger partial charge is 0.454 e. The van der Waals surface area contributed by atoms with Gasteiger partial charge in [-0.25, -0.2) is 0 Å². The number of ether oxygens (including phenoxy) is 2. The smallest absolute Gasteiger partial charge is 0.239 e. The zero-order chi connectivity index (χ0) is 20.3. The molecule has 0 fully saturated rings. The first kappa shape index (κ1) is 19.4. The Labute approximate surface area is 163 Å². The highest BCUT2D eigenvalue weighted by molar-refractivity contribution is 6.10. The van der Waals surface area contributed by atoms with E-state index in [-0.39, 0.29) is 19.1 Å². The Morgan fingerprint density at radius 2 is 1.64 bits per heavy atom. The zero-order valence-corrected chi connectivity index (χ0v) is 16.0. The first-order valence-corrected chi connectivity index (χ1v) is 8.86. The topological polar surface area (TPSA) is 93.7 Å². The average molecular weight is 382 g/mol. The molecule has 2 N–H and O–H groups in total. The third-order valence-corrected chi connectivity index (χ3v) is 4.57. The number of carbonyl (C=O) groups is 3. The molecule has 0 saturated carbocycles. The van der Waals surface area contributed by atoms with Gasteiger partial charge in [-0.15, -0.1) is 0 Å². The molecule has 1 aliphatic rings. The van der Waals surface area contributed by atoms with Crippen molar-refractivity contribution in [1.29, 1.82) is 0 Å². The molecule has 3 rings (SSSR count). The van der Waals surface area contributed by atoms with E-state index in [0.29, 0.717) is 22.7 Å². The van der Waals surface area contributed by atoms with E-state index in [2.05, 4.69) is 10.6 Å². The molecular weight excluding hydrogens is 360 g/mol. The second kappa shape index (κ2) is 7.72. The number of anilines is 1. The molecule has 0 aromatic heterocycles. The fourth-order valence-electron chi connectivity index (χ4n) is 2.63. The number of Topliss-reactive ketones (excluding diaryl/α,β-unsaturated/α-hetero) is 1. The molecule has 28 heavy (non-hydrogen) atoms. The molecule has 146 valence electrons. The molecular formula is C21H22N2O5. The monoisotopic (exact) mass is 382 g/mol. The highest BCUT2D eigenvalue weighted by Crippen LogP contribution is 2.32. The van der Waals surface area contributed by atoms with Gasteiger partial charge >= 0.3 is 0 Å². The van der Waals surface area contributed by atoms with Crippen molar-refractivity contribution in [3.05, 3.63) is 53.6 Å². The van der Waals surface area contributed by atoms with Crippen LogP contribution in [0.3, 0.4) is 0 Å². The number of fused-ring (bicyclic) bond motifs is 1. The summed E-state index contributed by atoms with van der Waals surface area (Å²) in [5.41, 5.74) is 0.634. The maximum atomic E-state index is 12.6. The van der Waals surface area contributed by atoms with Gasteiger partial charge in [-0.3, -0.25) is 14.4 Å². The molecule has 0 spiro atoms. The highest BCUT2D eigenvalue weighted by Gasteiger charge is 2.36. The SMILES string of the molecule is CC(=O)c1ccc(NC(=O)C(C)(C)C(=O)NCc2ccc3c(c2)OCO3)cc1. The van der Waals surface area contributed by atoms with Gasteiger partial charge in [0.2, 0.25) is 18.6 Å². The quantitative estimate of drug-likeness (QED) is 0.592. The molecule has 2 aromatic carbocycles. The number of rotatable bonds is 6. The van der Waals surface area contributed by atoms with Crippen LogP contribution in [0.1, 0.15) is 36.7 Å². The zero-order valence-electron chi connectivity index (χ0n) is 16.0. The number of hydrogen-bond acceptors (Lipinski definition) is 5. The minimum atomic E-state index is -1.28.